The molecule has 0 bridgehead atoms. The molecule has 4 rings (SSSR count). The van der Waals surface area contributed by atoms with Crippen LogP contribution in [0.5, 0.6) is 0 Å². The van der Waals surface area contributed by atoms with Gasteiger partial charge in [-0.25, -0.2) is 9.69 Å². The number of carbonyl (C=O) groups is 2. The lowest BCUT2D eigenvalue weighted by Crippen LogP contribution is -2.44. The lowest BCUT2D eigenvalue weighted by atomic mass is 10.1. The number of fused-ring (bicyclic) bond motifs is 3. The van der Waals surface area contributed by atoms with Crippen molar-refractivity contribution in [3.63, 3.8) is 0 Å². The first-order valence-electron chi connectivity index (χ1n) is 7.71. The van der Waals surface area contributed by atoms with Gasteiger partial charge in [0.25, 0.3) is 5.91 Å². The van der Waals surface area contributed by atoms with E-state index in [1.165, 1.54) is 6.92 Å². The summed E-state index contributed by atoms with van der Waals surface area (Å²) >= 11 is 5.81. The van der Waals surface area contributed by atoms with E-state index in [0.717, 1.165) is 10.5 Å². The summed E-state index contributed by atoms with van der Waals surface area (Å²) in [5, 5.41) is -0.850. The van der Waals surface area contributed by atoms with Crippen LogP contribution in [0.1, 0.15) is 18.8 Å². The molecule has 0 unspecified atom stereocenters. The molecule has 128 valence electrons. The van der Waals surface area contributed by atoms with Gasteiger partial charge in [0, 0.05) is 5.56 Å². The van der Waals surface area contributed by atoms with Gasteiger partial charge in [0.05, 0.1) is 6.61 Å². The number of carbonyl (C=O) groups excluding carboxylic acids is 2. The predicted molar refractivity (Wildman–Crippen MR) is 81.1 cm³/mol. The van der Waals surface area contributed by atoms with Crippen molar-refractivity contribution in [2.75, 3.05) is 6.61 Å². The Kier molecular flexibility index (Phi) is 3.96. The van der Waals surface area contributed by atoms with Gasteiger partial charge in [-0.15, -0.1) is 11.6 Å². The van der Waals surface area contributed by atoms with Crippen molar-refractivity contribution in [1.82, 2.24) is 4.90 Å². The normalized spacial score (nSPS) is 36.0. The number of alkyl halides is 1. The smallest absolute Gasteiger partial charge is 0.419 e. The number of benzene rings is 1. The van der Waals surface area contributed by atoms with E-state index in [2.05, 4.69) is 0 Å². The second kappa shape index (κ2) is 6.00. The fourth-order valence-electron chi connectivity index (χ4n) is 3.17. The van der Waals surface area contributed by atoms with Gasteiger partial charge >= 0.3 is 6.09 Å². The Balaban J connectivity index is 1.54. The van der Waals surface area contributed by atoms with E-state index in [1.807, 2.05) is 30.3 Å². The lowest BCUT2D eigenvalue weighted by Gasteiger charge is -2.33. The summed E-state index contributed by atoms with van der Waals surface area (Å²) < 4.78 is 22.8. The number of nitrogens with zero attached hydrogens (tertiary/aromatic N) is 1. The van der Waals surface area contributed by atoms with Crippen LogP contribution < -0.4 is 0 Å². The maximum Gasteiger partial charge on any atom is 0.419 e. The molecule has 7 nitrogen and oxygen atoms in total. The average molecular weight is 354 g/mol. The Morgan fingerprint density at radius 3 is 2.71 bits per heavy atom. The highest BCUT2D eigenvalue weighted by molar-refractivity contribution is 6.31. The second-order valence-corrected chi connectivity index (χ2v) is 6.57. The van der Waals surface area contributed by atoms with E-state index >= 15 is 0 Å². The summed E-state index contributed by atoms with van der Waals surface area (Å²) in [5.41, 5.74) is 0.867. The fourth-order valence-corrected chi connectivity index (χ4v) is 3.28. The molecule has 0 saturated carbocycles. The van der Waals surface area contributed by atoms with Crippen molar-refractivity contribution >= 4 is 23.6 Å². The van der Waals surface area contributed by atoms with Gasteiger partial charge in [0.15, 0.2) is 18.6 Å². The highest BCUT2D eigenvalue weighted by Gasteiger charge is 2.60. The lowest BCUT2D eigenvalue weighted by molar-refractivity contribution is -0.254. The Hall–Kier alpha value is -1.67. The van der Waals surface area contributed by atoms with Crippen LogP contribution in [0.25, 0.3) is 0 Å². The minimum atomic E-state index is -0.850. The molecule has 1 aromatic carbocycles. The SMILES string of the molecule is C[C@H](Cl)C(=O)N1C(=O)O[C@@H]2[C@H]3O[C@@H](c4ccccc4)OC[C@H]3O[C@@H]21. The molecule has 3 heterocycles. The van der Waals surface area contributed by atoms with Crippen LogP contribution in [0.2, 0.25) is 0 Å². The standard InChI is InChI=1S/C16H16ClNO6/c1-8(17)13(19)18-14-12(24-16(18)20)11-10(22-14)7-21-15(23-11)9-5-3-2-4-6-9/h2-6,8,10-12,14-15H,7H2,1H3/t8-,10+,11-,12+,14-,15-/m0/s1. The van der Waals surface area contributed by atoms with Crippen molar-refractivity contribution in [2.24, 2.45) is 0 Å². The van der Waals surface area contributed by atoms with Gasteiger partial charge in [0.2, 0.25) is 0 Å². The van der Waals surface area contributed by atoms with Crippen LogP contribution in [0.3, 0.4) is 0 Å². The van der Waals surface area contributed by atoms with Crippen LogP contribution in [0, 0.1) is 0 Å². The minimum Gasteiger partial charge on any atom is -0.438 e. The number of halogens is 1. The van der Waals surface area contributed by atoms with Gasteiger partial charge in [-0.3, -0.25) is 4.79 Å². The maximum atomic E-state index is 12.1. The Labute approximate surface area is 143 Å². The number of ether oxygens (including phenoxy) is 4. The molecule has 2 amide bonds. The molecular weight excluding hydrogens is 338 g/mol. The molecule has 3 aliphatic rings. The Morgan fingerprint density at radius 2 is 2.00 bits per heavy atom. The quantitative estimate of drug-likeness (QED) is 0.755. The van der Waals surface area contributed by atoms with Crippen LogP contribution in [0.15, 0.2) is 30.3 Å². The molecule has 3 aliphatic heterocycles. The molecule has 24 heavy (non-hydrogen) atoms. The first kappa shape index (κ1) is 15.8. The van der Waals surface area contributed by atoms with Crippen LogP contribution >= 0.6 is 11.6 Å². The number of hydrogen-bond donors (Lipinski definition) is 0. The van der Waals surface area contributed by atoms with Crippen molar-refractivity contribution in [2.45, 2.75) is 43.1 Å². The van der Waals surface area contributed by atoms with Crippen molar-refractivity contribution in [3.05, 3.63) is 35.9 Å². The first-order chi connectivity index (χ1) is 11.6. The fraction of sp³-hybridized carbons (Fsp3) is 0.500. The second-order valence-electron chi connectivity index (χ2n) is 5.91. The molecule has 1 aromatic rings. The highest BCUT2D eigenvalue weighted by atomic mass is 35.5. The molecule has 3 fully saturated rings. The van der Waals surface area contributed by atoms with Crippen LogP contribution in [-0.2, 0) is 23.7 Å². The number of rotatable bonds is 2. The largest absolute Gasteiger partial charge is 0.438 e. The molecule has 3 saturated heterocycles. The van der Waals surface area contributed by atoms with Gasteiger partial charge in [0.1, 0.15) is 17.6 Å². The number of hydrogen-bond acceptors (Lipinski definition) is 6. The molecule has 0 spiro atoms. The monoisotopic (exact) mass is 353 g/mol. The van der Waals surface area contributed by atoms with Crippen molar-refractivity contribution in [3.8, 4) is 0 Å². The third kappa shape index (κ3) is 2.48. The Bertz CT molecular complexity index is 653. The zero-order valence-electron chi connectivity index (χ0n) is 12.8. The van der Waals surface area contributed by atoms with E-state index in [9.17, 15) is 9.59 Å². The maximum absolute atomic E-state index is 12.1. The zero-order chi connectivity index (χ0) is 16.8. The highest BCUT2D eigenvalue weighted by Crippen LogP contribution is 2.40. The summed E-state index contributed by atoms with van der Waals surface area (Å²) in [7, 11) is 0. The van der Waals surface area contributed by atoms with E-state index in [4.69, 9.17) is 30.5 Å². The first-order valence-corrected chi connectivity index (χ1v) is 8.15. The summed E-state index contributed by atoms with van der Waals surface area (Å²) in [4.78, 5) is 25.1. The van der Waals surface area contributed by atoms with Crippen molar-refractivity contribution in [1.29, 1.82) is 0 Å². The van der Waals surface area contributed by atoms with Crippen LogP contribution in [-0.4, -0.2) is 53.4 Å². The number of amides is 2. The van der Waals surface area contributed by atoms with Gasteiger partial charge in [-0.1, -0.05) is 30.3 Å². The summed E-state index contributed by atoms with van der Waals surface area (Å²) in [6.07, 6.45) is -3.75. The van der Waals surface area contributed by atoms with Crippen LogP contribution in [0.4, 0.5) is 4.79 Å². The molecular formula is C16H16ClNO6. The van der Waals surface area contributed by atoms with Crippen molar-refractivity contribution < 1.29 is 28.5 Å². The van der Waals surface area contributed by atoms with Gasteiger partial charge in [-0.2, -0.15) is 0 Å². The number of imide groups is 1. The van der Waals surface area contributed by atoms with E-state index in [1.54, 1.807) is 0 Å². The summed E-state index contributed by atoms with van der Waals surface area (Å²) in [6.45, 7) is 1.78. The van der Waals surface area contributed by atoms with E-state index < -0.39 is 48.2 Å². The summed E-state index contributed by atoms with van der Waals surface area (Å²) in [5.74, 6) is -0.548. The third-order valence-corrected chi connectivity index (χ3v) is 4.50. The topological polar surface area (TPSA) is 74.3 Å². The Morgan fingerprint density at radius 1 is 1.25 bits per heavy atom. The molecule has 0 N–H and O–H groups in total. The van der Waals surface area contributed by atoms with Gasteiger partial charge in [-0.05, 0) is 6.92 Å². The molecule has 0 aliphatic carbocycles. The van der Waals surface area contributed by atoms with E-state index in [0.29, 0.717) is 0 Å². The molecule has 0 radical (unpaired) electrons. The van der Waals surface area contributed by atoms with Gasteiger partial charge < -0.3 is 18.9 Å². The third-order valence-electron chi connectivity index (χ3n) is 4.32. The molecule has 6 atom stereocenters. The molecule has 8 heteroatoms. The predicted octanol–water partition coefficient (Wildman–Crippen LogP) is 1.80. The zero-order valence-corrected chi connectivity index (χ0v) is 13.6. The molecule has 0 aromatic heterocycles. The van der Waals surface area contributed by atoms with E-state index in [-0.39, 0.29) is 6.61 Å². The summed E-state index contributed by atoms with van der Waals surface area (Å²) in [6, 6.07) is 9.47. The minimum absolute atomic E-state index is 0.285. The average Bonchev–Trinajstić information content (AvgIpc) is 3.09.